The zero-order valence-corrected chi connectivity index (χ0v) is 10.0. The number of aromatic nitrogens is 2. The van der Waals surface area contributed by atoms with Gasteiger partial charge >= 0.3 is 0 Å². The molecule has 0 aliphatic carbocycles. The van der Waals surface area contributed by atoms with Gasteiger partial charge in [0.1, 0.15) is 6.54 Å². The Labute approximate surface area is 98.3 Å². The molecule has 1 aromatic carbocycles. The second kappa shape index (κ2) is 4.09. The summed E-state index contributed by atoms with van der Waals surface area (Å²) < 4.78 is 2.38. The zero-order chi connectivity index (χ0) is 11.7. The Bertz CT molecular complexity index is 597. The van der Waals surface area contributed by atoms with Gasteiger partial charge in [-0.2, -0.15) is 0 Å². The van der Waals surface area contributed by atoms with Gasteiger partial charge in [-0.05, 0) is 30.8 Å². The van der Waals surface area contributed by atoms with Crippen LogP contribution in [0.15, 0.2) is 18.2 Å². The molecular formula is C11H13N3OS. The number of rotatable bonds is 2. The predicted octanol–water partition coefficient (Wildman–Crippen LogP) is 1.75. The highest BCUT2D eigenvalue weighted by Crippen LogP contribution is 2.17. The number of aryl methyl sites for hydroxylation is 1. The molecule has 0 aliphatic heterocycles. The van der Waals surface area contributed by atoms with Gasteiger partial charge in [-0.15, -0.1) is 0 Å². The summed E-state index contributed by atoms with van der Waals surface area (Å²) in [6, 6.07) is 5.93. The SMILES string of the molecule is CNC(=O)Cn1c(=S)[nH]c2c(C)cccc21. The van der Waals surface area contributed by atoms with Crippen LogP contribution in [-0.2, 0) is 11.3 Å². The lowest BCUT2D eigenvalue weighted by Gasteiger charge is -2.03. The maximum Gasteiger partial charge on any atom is 0.239 e. The van der Waals surface area contributed by atoms with E-state index >= 15 is 0 Å². The van der Waals surface area contributed by atoms with E-state index in [1.54, 1.807) is 11.6 Å². The summed E-state index contributed by atoms with van der Waals surface area (Å²) in [6.45, 7) is 2.26. The van der Waals surface area contributed by atoms with Crippen molar-refractivity contribution in [3.8, 4) is 0 Å². The molecule has 2 rings (SSSR count). The van der Waals surface area contributed by atoms with Crippen LogP contribution < -0.4 is 5.32 Å². The van der Waals surface area contributed by atoms with Gasteiger partial charge in [-0.3, -0.25) is 4.79 Å². The lowest BCUT2D eigenvalue weighted by atomic mass is 10.2. The van der Waals surface area contributed by atoms with Gasteiger partial charge in [0.15, 0.2) is 4.77 Å². The highest BCUT2D eigenvalue weighted by molar-refractivity contribution is 7.71. The first-order valence-electron chi connectivity index (χ1n) is 5.02. The second-order valence-electron chi connectivity index (χ2n) is 3.66. The van der Waals surface area contributed by atoms with E-state index in [0.29, 0.717) is 4.77 Å². The van der Waals surface area contributed by atoms with E-state index in [1.807, 2.05) is 25.1 Å². The van der Waals surface area contributed by atoms with Gasteiger partial charge < -0.3 is 14.9 Å². The summed E-state index contributed by atoms with van der Waals surface area (Å²) in [5, 5.41) is 2.59. The molecular weight excluding hydrogens is 222 g/mol. The molecule has 0 saturated heterocycles. The standard InChI is InChI=1S/C11H13N3OS/c1-7-4-3-5-8-10(7)13-11(16)14(8)6-9(15)12-2/h3-5H,6H2,1-2H3,(H,12,15)(H,13,16). The van der Waals surface area contributed by atoms with Crippen LogP contribution in [0, 0.1) is 11.7 Å². The van der Waals surface area contributed by atoms with E-state index in [-0.39, 0.29) is 12.5 Å². The molecule has 0 fully saturated rings. The third-order valence-corrected chi connectivity index (χ3v) is 2.92. The monoisotopic (exact) mass is 235 g/mol. The predicted molar refractivity (Wildman–Crippen MR) is 65.9 cm³/mol. The number of hydrogen-bond acceptors (Lipinski definition) is 2. The molecule has 4 nitrogen and oxygen atoms in total. The number of imidazole rings is 1. The molecule has 84 valence electrons. The molecule has 0 unspecified atom stereocenters. The van der Waals surface area contributed by atoms with Gasteiger partial charge in [0, 0.05) is 7.05 Å². The van der Waals surface area contributed by atoms with Gasteiger partial charge in [-0.25, -0.2) is 0 Å². The Kier molecular flexibility index (Phi) is 2.78. The van der Waals surface area contributed by atoms with Gasteiger partial charge in [0.25, 0.3) is 0 Å². The number of hydrogen-bond donors (Lipinski definition) is 2. The van der Waals surface area contributed by atoms with Crippen molar-refractivity contribution in [2.24, 2.45) is 0 Å². The maximum absolute atomic E-state index is 11.4. The minimum atomic E-state index is -0.0569. The highest BCUT2D eigenvalue weighted by atomic mass is 32.1. The van der Waals surface area contributed by atoms with Crippen molar-refractivity contribution in [1.29, 1.82) is 0 Å². The fourth-order valence-corrected chi connectivity index (χ4v) is 1.97. The number of benzene rings is 1. The van der Waals surface area contributed by atoms with Gasteiger partial charge in [-0.1, -0.05) is 12.1 Å². The Hall–Kier alpha value is -1.62. The fraction of sp³-hybridized carbons (Fsp3) is 0.273. The fourth-order valence-electron chi connectivity index (χ4n) is 1.70. The minimum Gasteiger partial charge on any atom is -0.358 e. The van der Waals surface area contributed by atoms with Crippen molar-refractivity contribution in [3.05, 3.63) is 28.5 Å². The van der Waals surface area contributed by atoms with Crippen LogP contribution in [0.4, 0.5) is 0 Å². The summed E-state index contributed by atoms with van der Waals surface area (Å²) in [6.07, 6.45) is 0. The number of para-hydroxylation sites is 1. The molecule has 0 saturated carbocycles. The zero-order valence-electron chi connectivity index (χ0n) is 9.20. The van der Waals surface area contributed by atoms with E-state index in [9.17, 15) is 4.79 Å². The van der Waals surface area contributed by atoms with Crippen molar-refractivity contribution in [3.63, 3.8) is 0 Å². The Morgan fingerprint density at radius 2 is 2.31 bits per heavy atom. The third kappa shape index (κ3) is 1.74. The smallest absolute Gasteiger partial charge is 0.239 e. The number of nitrogens with one attached hydrogen (secondary N) is 2. The average molecular weight is 235 g/mol. The third-order valence-electron chi connectivity index (χ3n) is 2.60. The Morgan fingerprint density at radius 3 is 3.00 bits per heavy atom. The van der Waals surface area contributed by atoms with E-state index < -0.39 is 0 Å². The maximum atomic E-state index is 11.4. The molecule has 0 bridgehead atoms. The first-order valence-corrected chi connectivity index (χ1v) is 5.43. The summed E-state index contributed by atoms with van der Waals surface area (Å²) >= 11 is 5.21. The largest absolute Gasteiger partial charge is 0.358 e. The molecule has 1 amide bonds. The first-order chi connectivity index (χ1) is 7.63. The van der Waals surface area contributed by atoms with Crippen LogP contribution in [0.25, 0.3) is 11.0 Å². The van der Waals surface area contributed by atoms with Crippen LogP contribution in [0.1, 0.15) is 5.56 Å². The van der Waals surface area contributed by atoms with E-state index in [2.05, 4.69) is 10.3 Å². The van der Waals surface area contributed by atoms with Crippen LogP contribution in [0.2, 0.25) is 0 Å². The number of likely N-dealkylation sites (N-methyl/N-ethyl adjacent to an activating group) is 1. The lowest BCUT2D eigenvalue weighted by Crippen LogP contribution is -2.23. The van der Waals surface area contributed by atoms with Crippen LogP contribution >= 0.6 is 12.2 Å². The van der Waals surface area contributed by atoms with Crippen LogP contribution in [-0.4, -0.2) is 22.5 Å². The Morgan fingerprint density at radius 1 is 1.56 bits per heavy atom. The molecule has 2 aromatic rings. The van der Waals surface area contributed by atoms with Crippen LogP contribution in [0.5, 0.6) is 0 Å². The molecule has 1 aromatic heterocycles. The average Bonchev–Trinajstić information content (AvgIpc) is 2.58. The number of carbonyl (C=O) groups is 1. The number of fused-ring (bicyclic) bond motifs is 1. The summed E-state index contributed by atoms with van der Waals surface area (Å²) in [5.41, 5.74) is 3.09. The quantitative estimate of drug-likeness (QED) is 0.779. The van der Waals surface area contributed by atoms with E-state index in [1.165, 1.54) is 0 Å². The molecule has 2 N–H and O–H groups in total. The van der Waals surface area contributed by atoms with Crippen molar-refractivity contribution >= 4 is 29.2 Å². The molecule has 0 spiro atoms. The number of nitrogens with zero attached hydrogens (tertiary/aromatic N) is 1. The molecule has 1 heterocycles. The molecule has 0 aliphatic rings. The summed E-state index contributed by atoms with van der Waals surface area (Å²) in [5.74, 6) is -0.0569. The lowest BCUT2D eigenvalue weighted by molar-refractivity contribution is -0.121. The number of aromatic amines is 1. The first kappa shape index (κ1) is 10.9. The van der Waals surface area contributed by atoms with Crippen molar-refractivity contribution < 1.29 is 4.79 Å². The topological polar surface area (TPSA) is 49.8 Å². The Balaban J connectivity index is 2.61. The van der Waals surface area contributed by atoms with Crippen LogP contribution in [0.3, 0.4) is 0 Å². The highest BCUT2D eigenvalue weighted by Gasteiger charge is 2.08. The summed E-state index contributed by atoms with van der Waals surface area (Å²) in [7, 11) is 1.62. The molecule has 5 heteroatoms. The number of carbonyl (C=O) groups excluding carboxylic acids is 1. The molecule has 0 atom stereocenters. The van der Waals surface area contributed by atoms with E-state index in [4.69, 9.17) is 12.2 Å². The minimum absolute atomic E-state index is 0.0569. The van der Waals surface area contributed by atoms with E-state index in [0.717, 1.165) is 16.6 Å². The second-order valence-corrected chi connectivity index (χ2v) is 4.05. The molecule has 16 heavy (non-hydrogen) atoms. The van der Waals surface area contributed by atoms with Crippen molar-refractivity contribution in [2.75, 3.05) is 7.05 Å². The summed E-state index contributed by atoms with van der Waals surface area (Å²) in [4.78, 5) is 14.5. The van der Waals surface area contributed by atoms with Gasteiger partial charge in [0.05, 0.1) is 11.0 Å². The van der Waals surface area contributed by atoms with Crippen molar-refractivity contribution in [1.82, 2.24) is 14.9 Å². The normalized spacial score (nSPS) is 10.6. The van der Waals surface area contributed by atoms with Crippen molar-refractivity contribution in [2.45, 2.75) is 13.5 Å². The van der Waals surface area contributed by atoms with Gasteiger partial charge in [0.2, 0.25) is 5.91 Å². The number of H-pyrrole nitrogens is 1. The number of amides is 1. The molecule has 0 radical (unpaired) electrons.